The van der Waals surface area contributed by atoms with Crippen LogP contribution in [0.5, 0.6) is 5.75 Å². The monoisotopic (exact) mass is 379 g/mol. The molecule has 0 radical (unpaired) electrons. The maximum Gasteiger partial charge on any atom is 0.259 e. The molecule has 2 aromatic heterocycles. The third-order valence-corrected chi connectivity index (χ3v) is 4.42. The Labute approximate surface area is 162 Å². The minimum absolute atomic E-state index is 0.223. The molecule has 0 atom stereocenters. The molecule has 0 unspecified atom stereocenters. The van der Waals surface area contributed by atoms with Crippen molar-refractivity contribution < 1.29 is 14.0 Å². The fraction of sp³-hybridized carbons (Fsp3) is 0.286. The molecule has 28 heavy (non-hydrogen) atoms. The Morgan fingerprint density at radius 2 is 2.11 bits per heavy atom. The largest absolute Gasteiger partial charge is 0.494 e. The van der Waals surface area contributed by atoms with Crippen molar-refractivity contribution in [1.82, 2.24) is 15.1 Å². The average molecular weight is 379 g/mol. The van der Waals surface area contributed by atoms with E-state index in [4.69, 9.17) is 14.0 Å². The van der Waals surface area contributed by atoms with Crippen LogP contribution in [-0.2, 0) is 17.8 Å². The van der Waals surface area contributed by atoms with Crippen LogP contribution in [0.1, 0.15) is 36.1 Å². The lowest BCUT2D eigenvalue weighted by molar-refractivity contribution is 0.109. The second-order valence-corrected chi connectivity index (χ2v) is 6.53. The van der Waals surface area contributed by atoms with Crippen LogP contribution in [0.3, 0.4) is 0 Å². The minimum atomic E-state index is -0.223. The molecule has 0 saturated heterocycles. The van der Waals surface area contributed by atoms with Gasteiger partial charge >= 0.3 is 0 Å². The number of aromatic nitrogens is 3. The van der Waals surface area contributed by atoms with Crippen LogP contribution >= 0.6 is 0 Å². The lowest BCUT2D eigenvalue weighted by Gasteiger charge is -2.15. The van der Waals surface area contributed by atoms with E-state index in [1.807, 2.05) is 30.3 Å². The van der Waals surface area contributed by atoms with Crippen LogP contribution in [-0.4, -0.2) is 28.3 Å². The molecule has 0 fully saturated rings. The van der Waals surface area contributed by atoms with Crippen LogP contribution in [0.15, 0.2) is 39.6 Å². The number of H-pyrrole nitrogens is 1. The van der Waals surface area contributed by atoms with E-state index in [1.165, 1.54) is 0 Å². The zero-order valence-electron chi connectivity index (χ0n) is 15.6. The highest BCUT2D eigenvalue weighted by Gasteiger charge is 2.17. The van der Waals surface area contributed by atoms with Gasteiger partial charge in [-0.25, -0.2) is 0 Å². The molecule has 1 N–H and O–H groups in total. The van der Waals surface area contributed by atoms with Gasteiger partial charge in [-0.05, 0) is 41.8 Å². The molecule has 0 spiro atoms. The highest BCUT2D eigenvalue weighted by atomic mass is 16.5. The van der Waals surface area contributed by atoms with E-state index in [2.05, 4.69) is 22.0 Å². The van der Waals surface area contributed by atoms with Gasteiger partial charge in [-0.2, -0.15) is 4.98 Å². The predicted molar refractivity (Wildman–Crippen MR) is 105 cm³/mol. The van der Waals surface area contributed by atoms with Crippen molar-refractivity contribution in [2.45, 2.75) is 26.4 Å². The summed E-state index contributed by atoms with van der Waals surface area (Å²) in [5, 5.41) is 3.94. The Balaban J connectivity index is 1.50. The molecular weight excluding hydrogens is 358 g/mol. The van der Waals surface area contributed by atoms with Crippen LogP contribution < -0.4 is 10.3 Å². The normalized spacial score (nSPS) is 13.6. The summed E-state index contributed by atoms with van der Waals surface area (Å²) in [7, 11) is 0. The van der Waals surface area contributed by atoms with E-state index in [-0.39, 0.29) is 11.4 Å². The molecule has 4 rings (SSSR count). The van der Waals surface area contributed by atoms with E-state index < -0.39 is 0 Å². The fourth-order valence-corrected chi connectivity index (χ4v) is 2.96. The molecule has 0 bridgehead atoms. The van der Waals surface area contributed by atoms with E-state index in [9.17, 15) is 4.79 Å². The molecule has 3 aromatic rings. The number of rotatable bonds is 6. The molecule has 7 nitrogen and oxygen atoms in total. The third-order valence-electron chi connectivity index (χ3n) is 4.42. The summed E-state index contributed by atoms with van der Waals surface area (Å²) in [6.07, 6.45) is 5.26. The summed E-state index contributed by atoms with van der Waals surface area (Å²) in [6.45, 7) is 3.86. The molecule has 0 amide bonds. The van der Waals surface area contributed by atoms with E-state index >= 15 is 0 Å². The van der Waals surface area contributed by atoms with Crippen LogP contribution in [0, 0.1) is 0 Å². The van der Waals surface area contributed by atoms with Crippen molar-refractivity contribution in [3.8, 4) is 17.1 Å². The summed E-state index contributed by atoms with van der Waals surface area (Å²) in [5.41, 5.74) is 3.00. The van der Waals surface area contributed by atoms with Gasteiger partial charge in [0.1, 0.15) is 5.75 Å². The number of aromatic amines is 1. The molecule has 0 aliphatic carbocycles. The highest BCUT2D eigenvalue weighted by Crippen LogP contribution is 2.20. The molecule has 1 aliphatic heterocycles. The first-order chi connectivity index (χ1) is 13.7. The van der Waals surface area contributed by atoms with Crippen molar-refractivity contribution >= 4 is 12.2 Å². The van der Waals surface area contributed by atoms with Crippen molar-refractivity contribution in [2.24, 2.45) is 0 Å². The number of hydrogen-bond acceptors (Lipinski definition) is 6. The Kier molecular flexibility index (Phi) is 5.34. The smallest absolute Gasteiger partial charge is 0.259 e. The first kappa shape index (κ1) is 18.2. The molecule has 7 heteroatoms. The van der Waals surface area contributed by atoms with E-state index in [0.717, 1.165) is 29.0 Å². The van der Waals surface area contributed by atoms with Crippen molar-refractivity contribution in [2.75, 3.05) is 13.2 Å². The van der Waals surface area contributed by atoms with E-state index in [1.54, 1.807) is 12.1 Å². The Bertz CT molecular complexity index is 1030. The Morgan fingerprint density at radius 1 is 1.25 bits per heavy atom. The number of benzene rings is 1. The summed E-state index contributed by atoms with van der Waals surface area (Å²) < 4.78 is 16.3. The van der Waals surface area contributed by atoms with Crippen molar-refractivity contribution in [1.29, 1.82) is 0 Å². The number of nitrogens with one attached hydrogen (secondary N) is 1. The SMILES string of the molecule is CCCOc1ccc(/C=C/c2nc(-c3cc4c([nH]c3=O)CCOC4)no2)cc1. The zero-order valence-corrected chi connectivity index (χ0v) is 15.6. The summed E-state index contributed by atoms with van der Waals surface area (Å²) in [6, 6.07) is 9.52. The molecular formula is C21H21N3O4. The first-order valence-corrected chi connectivity index (χ1v) is 9.31. The maximum atomic E-state index is 12.3. The van der Waals surface area contributed by atoms with Crippen LogP contribution in [0.4, 0.5) is 0 Å². The highest BCUT2D eigenvalue weighted by molar-refractivity contribution is 5.67. The van der Waals surface area contributed by atoms with Gasteiger partial charge in [0.2, 0.25) is 5.82 Å². The minimum Gasteiger partial charge on any atom is -0.494 e. The molecule has 144 valence electrons. The van der Waals surface area contributed by atoms with Gasteiger partial charge in [0.25, 0.3) is 11.4 Å². The van der Waals surface area contributed by atoms with Gasteiger partial charge in [0, 0.05) is 18.2 Å². The van der Waals surface area contributed by atoms with E-state index in [0.29, 0.717) is 37.7 Å². The quantitative estimate of drug-likeness (QED) is 0.705. The molecule has 1 aromatic carbocycles. The zero-order chi connectivity index (χ0) is 19.3. The Morgan fingerprint density at radius 3 is 2.93 bits per heavy atom. The van der Waals surface area contributed by atoms with Gasteiger partial charge < -0.3 is 19.0 Å². The van der Waals surface area contributed by atoms with Gasteiger partial charge in [-0.15, -0.1) is 0 Å². The molecule has 0 saturated carbocycles. The lowest BCUT2D eigenvalue weighted by Crippen LogP contribution is -2.19. The van der Waals surface area contributed by atoms with Gasteiger partial charge in [-0.1, -0.05) is 24.2 Å². The first-order valence-electron chi connectivity index (χ1n) is 9.31. The number of ether oxygens (including phenoxy) is 2. The van der Waals surface area contributed by atoms with Gasteiger partial charge in [0.05, 0.1) is 25.4 Å². The summed E-state index contributed by atoms with van der Waals surface area (Å²) in [4.78, 5) is 19.5. The molecule has 3 heterocycles. The number of pyridine rings is 1. The number of hydrogen-bond donors (Lipinski definition) is 1. The topological polar surface area (TPSA) is 90.2 Å². The van der Waals surface area contributed by atoms with Gasteiger partial charge in [-0.3, -0.25) is 4.79 Å². The molecule has 1 aliphatic rings. The van der Waals surface area contributed by atoms with Crippen molar-refractivity contribution in [3.63, 3.8) is 0 Å². The van der Waals surface area contributed by atoms with Crippen LogP contribution in [0.25, 0.3) is 23.5 Å². The third kappa shape index (κ3) is 4.04. The predicted octanol–water partition coefficient (Wildman–Crippen LogP) is 3.46. The number of nitrogens with zero attached hydrogens (tertiary/aromatic N) is 2. The average Bonchev–Trinajstić information content (AvgIpc) is 3.20. The maximum absolute atomic E-state index is 12.3. The van der Waals surface area contributed by atoms with Crippen LogP contribution in [0.2, 0.25) is 0 Å². The fourth-order valence-electron chi connectivity index (χ4n) is 2.96. The summed E-state index contributed by atoms with van der Waals surface area (Å²) >= 11 is 0. The second-order valence-electron chi connectivity index (χ2n) is 6.53. The second kappa shape index (κ2) is 8.22. The summed E-state index contributed by atoms with van der Waals surface area (Å²) in [5.74, 6) is 1.43. The lowest BCUT2D eigenvalue weighted by atomic mass is 10.1. The van der Waals surface area contributed by atoms with Gasteiger partial charge in [0.15, 0.2) is 0 Å². The Hall–Kier alpha value is -3.19. The number of fused-ring (bicyclic) bond motifs is 1. The standard InChI is InChI=1S/C21H21N3O4/c1-2-10-27-16-6-3-14(4-7-16)5-8-19-23-20(24-28-19)17-12-15-13-26-11-9-18(15)22-21(17)25/h3-8,12H,2,9-11,13H2,1H3,(H,22,25)/b8-5+. The van der Waals surface area contributed by atoms with Crippen molar-refractivity contribution in [3.05, 3.63) is 63.4 Å².